The first kappa shape index (κ1) is 66.3. The summed E-state index contributed by atoms with van der Waals surface area (Å²) in [5.74, 6) is -6.02. The zero-order valence-electron chi connectivity index (χ0n) is 46.3. The minimum atomic E-state index is -1.27. The molecule has 440 valence electrons. The maximum Gasteiger partial charge on any atom is 0.336 e. The molecule has 0 saturated carbocycles. The predicted octanol–water partition coefficient (Wildman–Crippen LogP) is 6.90. The fourth-order valence-corrected chi connectivity index (χ4v) is 9.38. The van der Waals surface area contributed by atoms with E-state index in [4.69, 9.17) is 14.2 Å². The number of aliphatic hydroxyl groups excluding tert-OH is 2. The lowest BCUT2D eigenvalue weighted by molar-refractivity contribution is -0.385. The molecule has 24 nitrogen and oxygen atoms in total. The highest BCUT2D eigenvalue weighted by atomic mass is 35.5. The molecule has 4 atom stereocenters. The quantitative estimate of drug-likeness (QED) is 0.0145. The van der Waals surface area contributed by atoms with Crippen molar-refractivity contribution in [2.75, 3.05) is 53.6 Å². The number of nitro benzene ring substituents is 2. The SMILES string of the molecule is CC1=C(C(=O)O)C(c2cccc([N+](=O)[O-])c2)C(C(=O)O)=C(C)N1C.CC1=C(C(=O)O)C(c2cccc([N+](=O)[O-])c2)C(C(=O)OCCCC(CCNCC(O)COc2ccccc2C#N)NCC(O)COc2ccccc2C#N)=C(C)N1C.Cl. The van der Waals surface area contributed by atoms with Crippen LogP contribution in [-0.2, 0) is 23.9 Å². The first-order valence-electron chi connectivity index (χ1n) is 25.7. The molecule has 2 aliphatic rings. The van der Waals surface area contributed by atoms with Crippen LogP contribution in [0.25, 0.3) is 0 Å². The summed E-state index contributed by atoms with van der Waals surface area (Å²) in [5, 5.41) is 98.3. The molecule has 6 rings (SSSR count). The summed E-state index contributed by atoms with van der Waals surface area (Å²) in [4.78, 5) is 74.3. The number of hydrogen-bond acceptors (Lipinski definition) is 19. The van der Waals surface area contributed by atoms with Crippen molar-refractivity contribution in [3.63, 3.8) is 0 Å². The van der Waals surface area contributed by atoms with Gasteiger partial charge >= 0.3 is 23.9 Å². The van der Waals surface area contributed by atoms with Crippen LogP contribution in [0.3, 0.4) is 0 Å². The number of hydrogen-bond donors (Lipinski definition) is 7. The van der Waals surface area contributed by atoms with Gasteiger partial charge in [-0.1, -0.05) is 48.5 Å². The number of halogens is 1. The summed E-state index contributed by atoms with van der Waals surface area (Å²) in [7, 11) is 3.22. The zero-order chi connectivity index (χ0) is 60.4. The van der Waals surface area contributed by atoms with E-state index < -0.39 is 57.8 Å². The number of allylic oxidation sites excluding steroid dienone is 4. The number of nitriles is 2. The number of aliphatic carboxylic acids is 3. The third-order valence-corrected chi connectivity index (χ3v) is 14.0. The normalized spacial score (nSPS) is 15.4. The van der Waals surface area contributed by atoms with Gasteiger partial charge in [-0.2, -0.15) is 10.5 Å². The van der Waals surface area contributed by atoms with E-state index in [1.54, 1.807) is 101 Å². The Hall–Kier alpha value is -9.17. The molecule has 2 heterocycles. The molecule has 4 aromatic carbocycles. The van der Waals surface area contributed by atoms with Crippen LogP contribution in [0.5, 0.6) is 11.5 Å². The monoisotopic (exact) mass is 1160 g/mol. The molecule has 0 saturated heterocycles. The first-order chi connectivity index (χ1) is 39.0. The van der Waals surface area contributed by atoms with Crippen LogP contribution in [-0.4, -0.2) is 141 Å². The number of carboxylic acid groups (broad SMARTS) is 3. The summed E-state index contributed by atoms with van der Waals surface area (Å²) in [6.45, 7) is 7.10. The van der Waals surface area contributed by atoms with Crippen molar-refractivity contribution in [2.24, 2.45) is 0 Å². The van der Waals surface area contributed by atoms with Crippen molar-refractivity contribution >= 4 is 47.7 Å². The van der Waals surface area contributed by atoms with Gasteiger partial charge in [-0.15, -0.1) is 12.4 Å². The summed E-state index contributed by atoms with van der Waals surface area (Å²) in [6.07, 6.45) is -0.388. The van der Waals surface area contributed by atoms with Crippen molar-refractivity contribution in [1.82, 2.24) is 20.4 Å². The van der Waals surface area contributed by atoms with Gasteiger partial charge in [0, 0.05) is 80.3 Å². The van der Waals surface area contributed by atoms with Gasteiger partial charge in [0.15, 0.2) is 0 Å². The smallest absolute Gasteiger partial charge is 0.336 e. The summed E-state index contributed by atoms with van der Waals surface area (Å²) in [5.41, 5.74) is 2.11. The van der Waals surface area contributed by atoms with Crippen molar-refractivity contribution in [2.45, 2.75) is 77.0 Å². The lowest BCUT2D eigenvalue weighted by atomic mass is 9.80. The van der Waals surface area contributed by atoms with E-state index in [0.717, 1.165) is 0 Å². The first-order valence-corrected chi connectivity index (χ1v) is 25.7. The number of benzene rings is 4. The molecule has 4 unspecified atom stereocenters. The van der Waals surface area contributed by atoms with Gasteiger partial charge < -0.3 is 60.2 Å². The van der Waals surface area contributed by atoms with Crippen molar-refractivity contribution in [1.29, 1.82) is 10.5 Å². The lowest BCUT2D eigenvalue weighted by Crippen LogP contribution is -2.40. The van der Waals surface area contributed by atoms with Gasteiger partial charge in [-0.3, -0.25) is 20.2 Å². The second-order valence-corrected chi connectivity index (χ2v) is 19.1. The second-order valence-electron chi connectivity index (χ2n) is 19.1. The molecule has 0 radical (unpaired) electrons. The Morgan fingerprint density at radius 3 is 1.46 bits per heavy atom. The van der Waals surface area contributed by atoms with Crippen LogP contribution in [0.15, 0.2) is 142 Å². The zero-order valence-corrected chi connectivity index (χ0v) is 47.1. The Kier molecular flexibility index (Phi) is 24.9. The Bertz CT molecular complexity index is 3240. The van der Waals surface area contributed by atoms with E-state index in [-0.39, 0.29) is 96.2 Å². The molecule has 2 aliphatic heterocycles. The third-order valence-electron chi connectivity index (χ3n) is 14.0. The van der Waals surface area contributed by atoms with Crippen LogP contribution in [0.4, 0.5) is 11.4 Å². The number of nitrogens with zero attached hydrogens (tertiary/aromatic N) is 6. The summed E-state index contributed by atoms with van der Waals surface area (Å²) >= 11 is 0. The highest BCUT2D eigenvalue weighted by Gasteiger charge is 2.41. The van der Waals surface area contributed by atoms with Gasteiger partial charge in [0.2, 0.25) is 0 Å². The predicted molar refractivity (Wildman–Crippen MR) is 303 cm³/mol. The van der Waals surface area contributed by atoms with Crippen LogP contribution in [0.2, 0.25) is 0 Å². The highest BCUT2D eigenvalue weighted by molar-refractivity contribution is 6.00. The van der Waals surface area contributed by atoms with Crippen molar-refractivity contribution in [3.05, 3.63) is 185 Å². The number of ether oxygens (including phenoxy) is 3. The average Bonchev–Trinajstić information content (AvgIpc) is 2.78. The van der Waals surface area contributed by atoms with Crippen LogP contribution in [0, 0.1) is 42.9 Å². The Morgan fingerprint density at radius 2 is 1.04 bits per heavy atom. The average molecular weight is 1170 g/mol. The molecule has 0 amide bonds. The standard InChI is InChI=1S/C42H48N6O10.C16H16N2O6.ClH/c1-27-38(41(51)52)40(29-12-8-14-33(20-29)48(54)55)39(28(2)47(27)3)42(53)56-19-9-13-32(46-24-35(50)26-58-37-16-7-5-11-31(37)22-44)17-18-45-23-34(49)25-57-36-15-6-4-10-30(36)21-43;1-8-12(15(19)20)14(13(16(21)22)9(2)17(8)3)10-5-4-6-11(7-10)18(23)24;/h4-8,10-12,14-16,20,32,34-35,40,45-46,49-50H,9,13,17-19,23-26H2,1-3H3,(H,51,52);4-7,14H,1-3H3,(H,19,20)(H,21,22);1H. The molecule has 25 heteroatoms. The number of carboxylic acids is 3. The number of non-ortho nitro benzene ring substituents is 2. The Morgan fingerprint density at radius 1 is 0.627 bits per heavy atom. The fourth-order valence-electron chi connectivity index (χ4n) is 9.38. The fraction of sp³-hybridized carbons (Fsp3) is 0.345. The second kappa shape index (κ2) is 31.2. The summed E-state index contributed by atoms with van der Waals surface area (Å²) < 4.78 is 17.0. The van der Waals surface area contributed by atoms with Crippen LogP contribution < -0.4 is 20.1 Å². The van der Waals surface area contributed by atoms with Gasteiger partial charge in [0.1, 0.15) is 49.1 Å². The van der Waals surface area contributed by atoms with E-state index in [1.165, 1.54) is 47.4 Å². The number of nitrogens with one attached hydrogen (secondary N) is 2. The Labute approximate surface area is 484 Å². The minimum absolute atomic E-state index is 0. The molecule has 0 bridgehead atoms. The maximum absolute atomic E-state index is 13.8. The van der Waals surface area contributed by atoms with Gasteiger partial charge in [0.05, 0.1) is 61.7 Å². The number of rotatable bonds is 26. The third kappa shape index (κ3) is 17.2. The van der Waals surface area contributed by atoms with Gasteiger partial charge in [0.25, 0.3) is 11.4 Å². The topological polar surface area (TPSA) is 362 Å². The number of nitro groups is 2. The molecular weight excluding hydrogens is 1100 g/mol. The maximum atomic E-state index is 13.8. The Balaban J connectivity index is 0.000000493. The number of carbonyl (C=O) groups is 4. The molecule has 0 aromatic heterocycles. The number of carbonyl (C=O) groups excluding carboxylic acids is 1. The molecule has 7 N–H and O–H groups in total. The lowest BCUT2D eigenvalue weighted by Gasteiger charge is -2.35. The van der Waals surface area contributed by atoms with Crippen LogP contribution in [0.1, 0.15) is 81.0 Å². The molecule has 83 heavy (non-hydrogen) atoms. The number of aliphatic hydroxyl groups is 2. The van der Waals surface area contributed by atoms with E-state index in [9.17, 15) is 75.5 Å². The van der Waals surface area contributed by atoms with E-state index in [2.05, 4.69) is 22.8 Å². The van der Waals surface area contributed by atoms with E-state index in [0.29, 0.717) is 71.2 Å². The highest BCUT2D eigenvalue weighted by Crippen LogP contribution is 2.44. The molecular formula is C58H65ClN8O16. The minimum Gasteiger partial charge on any atom is -0.489 e. The molecule has 0 spiro atoms. The number of esters is 1. The van der Waals surface area contributed by atoms with Crippen molar-refractivity contribution in [3.8, 4) is 23.6 Å². The molecule has 4 aromatic rings. The molecule has 0 aliphatic carbocycles. The van der Waals surface area contributed by atoms with E-state index in [1.807, 2.05) is 0 Å². The number of para-hydroxylation sites is 2. The molecule has 0 fully saturated rings. The van der Waals surface area contributed by atoms with Crippen molar-refractivity contribution < 1.29 is 68.8 Å². The van der Waals surface area contributed by atoms with Gasteiger partial charge in [-0.05, 0) is 88.9 Å². The van der Waals surface area contributed by atoms with Crippen LogP contribution >= 0.6 is 12.4 Å². The largest absolute Gasteiger partial charge is 0.489 e. The van der Waals surface area contributed by atoms with E-state index >= 15 is 0 Å². The summed E-state index contributed by atoms with van der Waals surface area (Å²) in [6, 6.07) is 28.3. The van der Waals surface area contributed by atoms with Gasteiger partial charge in [-0.25, -0.2) is 19.2 Å².